The number of anilines is 1. The van der Waals surface area contributed by atoms with Crippen LogP contribution in [0.25, 0.3) is 22.3 Å². The van der Waals surface area contributed by atoms with E-state index in [9.17, 15) is 19.7 Å². The summed E-state index contributed by atoms with van der Waals surface area (Å²) in [5.74, 6) is 0.914. The molecule has 0 radical (unpaired) electrons. The highest BCUT2D eigenvalue weighted by atomic mass is 16.6. The number of nitrogens with zero attached hydrogens (tertiary/aromatic N) is 1. The molecule has 166 valence electrons. The first-order chi connectivity index (χ1) is 15.9. The van der Waals surface area contributed by atoms with Gasteiger partial charge in [-0.15, -0.1) is 0 Å². The predicted octanol–water partition coefficient (Wildman–Crippen LogP) is 4.39. The summed E-state index contributed by atoms with van der Waals surface area (Å²) in [6.07, 6.45) is 0. The average molecular weight is 446 g/mol. The van der Waals surface area contributed by atoms with Crippen molar-refractivity contribution in [1.29, 1.82) is 0 Å². The van der Waals surface area contributed by atoms with Gasteiger partial charge in [0.25, 0.3) is 11.6 Å². The van der Waals surface area contributed by atoms with Crippen molar-refractivity contribution >= 4 is 28.3 Å². The molecule has 3 aromatic carbocycles. The fourth-order valence-electron chi connectivity index (χ4n) is 3.17. The highest BCUT2D eigenvalue weighted by molar-refractivity contribution is 5.92. The van der Waals surface area contributed by atoms with E-state index < -0.39 is 10.8 Å². The zero-order valence-corrected chi connectivity index (χ0v) is 17.4. The Morgan fingerprint density at radius 1 is 1.03 bits per heavy atom. The average Bonchev–Trinajstić information content (AvgIpc) is 2.83. The van der Waals surface area contributed by atoms with Gasteiger partial charge in [-0.3, -0.25) is 19.7 Å². The van der Waals surface area contributed by atoms with Gasteiger partial charge in [-0.05, 0) is 48.5 Å². The molecule has 9 nitrogen and oxygen atoms in total. The highest BCUT2D eigenvalue weighted by Gasteiger charge is 2.11. The summed E-state index contributed by atoms with van der Waals surface area (Å²) in [5.41, 5.74) is 0.996. The first kappa shape index (κ1) is 21.6. The Bertz CT molecular complexity index is 1390. The number of benzene rings is 3. The predicted molar refractivity (Wildman–Crippen MR) is 122 cm³/mol. The molecule has 4 rings (SSSR count). The van der Waals surface area contributed by atoms with Crippen LogP contribution in [0.1, 0.15) is 0 Å². The SMILES string of the molecule is COc1ccc(-c2cc(=O)c3cc(OCC(=O)Nc4cccc([N+](=O)[O-])c4)ccc3o2)cc1. The zero-order chi connectivity index (χ0) is 23.4. The first-order valence-electron chi connectivity index (χ1n) is 9.82. The van der Waals surface area contributed by atoms with Gasteiger partial charge in [0, 0.05) is 29.4 Å². The number of ether oxygens (including phenoxy) is 2. The van der Waals surface area contributed by atoms with E-state index in [0.717, 1.165) is 5.56 Å². The molecule has 1 aromatic heterocycles. The summed E-state index contributed by atoms with van der Waals surface area (Å²) in [5, 5.41) is 13.7. The summed E-state index contributed by atoms with van der Waals surface area (Å²) < 4.78 is 16.5. The molecular weight excluding hydrogens is 428 g/mol. The van der Waals surface area contributed by atoms with Crippen LogP contribution in [0.3, 0.4) is 0 Å². The van der Waals surface area contributed by atoms with Crippen molar-refractivity contribution in [1.82, 2.24) is 0 Å². The molecule has 4 aromatic rings. The third kappa shape index (κ3) is 4.99. The van der Waals surface area contributed by atoms with Gasteiger partial charge in [0.1, 0.15) is 22.8 Å². The molecule has 1 amide bonds. The van der Waals surface area contributed by atoms with Crippen LogP contribution in [0.2, 0.25) is 0 Å². The number of nitrogens with one attached hydrogen (secondary N) is 1. The molecule has 0 saturated heterocycles. The number of hydrogen-bond donors (Lipinski definition) is 1. The number of rotatable bonds is 7. The molecule has 9 heteroatoms. The van der Waals surface area contributed by atoms with Gasteiger partial charge >= 0.3 is 0 Å². The van der Waals surface area contributed by atoms with E-state index in [1.165, 1.54) is 36.4 Å². The smallest absolute Gasteiger partial charge is 0.271 e. The molecule has 1 N–H and O–H groups in total. The number of fused-ring (bicyclic) bond motifs is 1. The van der Waals surface area contributed by atoms with Crippen molar-refractivity contribution in [3.05, 3.63) is 93.1 Å². The van der Waals surface area contributed by atoms with Gasteiger partial charge in [0.05, 0.1) is 17.4 Å². The molecule has 0 spiro atoms. The quantitative estimate of drug-likeness (QED) is 0.330. The van der Waals surface area contributed by atoms with Crippen LogP contribution in [-0.2, 0) is 4.79 Å². The van der Waals surface area contributed by atoms with Gasteiger partial charge in [-0.1, -0.05) is 6.07 Å². The monoisotopic (exact) mass is 446 g/mol. The normalized spacial score (nSPS) is 10.6. The van der Waals surface area contributed by atoms with Crippen LogP contribution >= 0.6 is 0 Å². The third-order valence-corrected chi connectivity index (χ3v) is 4.78. The van der Waals surface area contributed by atoms with Crippen molar-refractivity contribution < 1.29 is 23.6 Å². The fourth-order valence-corrected chi connectivity index (χ4v) is 3.17. The summed E-state index contributed by atoms with van der Waals surface area (Å²) in [7, 11) is 1.57. The van der Waals surface area contributed by atoms with Gasteiger partial charge in [0.15, 0.2) is 12.0 Å². The highest BCUT2D eigenvalue weighted by Crippen LogP contribution is 2.26. The molecule has 0 atom stereocenters. The topological polar surface area (TPSA) is 121 Å². The van der Waals surface area contributed by atoms with Crippen LogP contribution in [0.5, 0.6) is 11.5 Å². The molecule has 0 aliphatic carbocycles. The lowest BCUT2D eigenvalue weighted by molar-refractivity contribution is -0.384. The van der Waals surface area contributed by atoms with Gasteiger partial charge in [0.2, 0.25) is 0 Å². The molecule has 0 bridgehead atoms. The molecule has 1 heterocycles. The zero-order valence-electron chi connectivity index (χ0n) is 17.4. The summed E-state index contributed by atoms with van der Waals surface area (Å²) in [6.45, 7) is -0.344. The Morgan fingerprint density at radius 2 is 1.79 bits per heavy atom. The summed E-state index contributed by atoms with van der Waals surface area (Å²) in [6, 6.07) is 18.8. The Kier molecular flexibility index (Phi) is 6.03. The Labute approximate surface area is 187 Å². The maximum atomic E-state index is 12.6. The molecule has 0 fully saturated rings. The Hall–Kier alpha value is -4.66. The molecule has 0 unspecified atom stereocenters. The number of non-ortho nitro benzene ring substituents is 1. The van der Waals surface area contributed by atoms with Crippen LogP contribution in [-0.4, -0.2) is 24.5 Å². The minimum Gasteiger partial charge on any atom is -0.497 e. The first-order valence-corrected chi connectivity index (χ1v) is 9.82. The van der Waals surface area contributed by atoms with Crippen LogP contribution < -0.4 is 20.2 Å². The molecule has 0 aliphatic heterocycles. The second-order valence-corrected chi connectivity index (χ2v) is 7.01. The van der Waals surface area contributed by atoms with E-state index in [2.05, 4.69) is 5.32 Å². The third-order valence-electron chi connectivity index (χ3n) is 4.78. The van der Waals surface area contributed by atoms with Crippen LogP contribution in [0, 0.1) is 10.1 Å². The summed E-state index contributed by atoms with van der Waals surface area (Å²) in [4.78, 5) is 35.1. The second kappa shape index (κ2) is 9.23. The van der Waals surface area contributed by atoms with Crippen molar-refractivity contribution in [2.24, 2.45) is 0 Å². The lowest BCUT2D eigenvalue weighted by Crippen LogP contribution is -2.20. The Balaban J connectivity index is 1.47. The number of carbonyl (C=O) groups is 1. The molecular formula is C24H18N2O7. The van der Waals surface area contributed by atoms with Crippen molar-refractivity contribution in [2.45, 2.75) is 0 Å². The Morgan fingerprint density at radius 3 is 2.52 bits per heavy atom. The van der Waals surface area contributed by atoms with Gasteiger partial charge < -0.3 is 19.2 Å². The van der Waals surface area contributed by atoms with Crippen LogP contribution in [0.4, 0.5) is 11.4 Å². The van der Waals surface area contributed by atoms with E-state index in [4.69, 9.17) is 13.9 Å². The molecule has 0 aliphatic rings. The second-order valence-electron chi connectivity index (χ2n) is 7.01. The maximum Gasteiger partial charge on any atom is 0.271 e. The number of carbonyl (C=O) groups excluding carboxylic acids is 1. The van der Waals surface area contributed by atoms with E-state index in [0.29, 0.717) is 28.2 Å². The molecule has 33 heavy (non-hydrogen) atoms. The lowest BCUT2D eigenvalue weighted by Gasteiger charge is -2.09. The van der Waals surface area contributed by atoms with Gasteiger partial charge in [-0.2, -0.15) is 0 Å². The van der Waals surface area contributed by atoms with E-state index in [1.54, 1.807) is 43.5 Å². The maximum absolute atomic E-state index is 12.6. The van der Waals surface area contributed by atoms with Crippen LogP contribution in [0.15, 0.2) is 82.0 Å². The fraction of sp³-hybridized carbons (Fsp3) is 0.0833. The number of hydrogen-bond acceptors (Lipinski definition) is 7. The number of amides is 1. The molecule has 0 saturated carbocycles. The van der Waals surface area contributed by atoms with E-state index in [-0.39, 0.29) is 23.4 Å². The minimum absolute atomic E-state index is 0.135. The van der Waals surface area contributed by atoms with Crippen molar-refractivity contribution in [2.75, 3.05) is 19.0 Å². The van der Waals surface area contributed by atoms with Gasteiger partial charge in [-0.25, -0.2) is 0 Å². The van der Waals surface area contributed by atoms with E-state index in [1.807, 2.05) is 0 Å². The minimum atomic E-state index is -0.549. The standard InChI is InChI=1S/C24H18N2O7/c1-31-18-7-5-15(6-8-18)23-13-21(27)20-12-19(9-10-22(20)33-23)32-14-24(28)25-16-3-2-4-17(11-16)26(29)30/h2-13H,14H2,1H3,(H,25,28). The lowest BCUT2D eigenvalue weighted by atomic mass is 10.1. The van der Waals surface area contributed by atoms with Crippen molar-refractivity contribution in [3.63, 3.8) is 0 Å². The number of nitro benzene ring substituents is 1. The largest absolute Gasteiger partial charge is 0.497 e. The number of methoxy groups -OCH3 is 1. The van der Waals surface area contributed by atoms with E-state index >= 15 is 0 Å². The number of nitro groups is 1. The summed E-state index contributed by atoms with van der Waals surface area (Å²) >= 11 is 0. The van der Waals surface area contributed by atoms with Crippen molar-refractivity contribution in [3.8, 4) is 22.8 Å².